The Morgan fingerprint density at radius 3 is 2.65 bits per heavy atom. The zero-order valence-electron chi connectivity index (χ0n) is 9.56. The lowest BCUT2D eigenvalue weighted by atomic mass is 9.97. The molecule has 0 saturated heterocycles. The maximum Gasteiger partial charge on any atom is 0.331 e. The second-order valence-electron chi connectivity index (χ2n) is 4.22. The number of benzene rings is 1. The fourth-order valence-electron chi connectivity index (χ4n) is 2.03. The third kappa shape index (κ3) is 2.76. The quantitative estimate of drug-likeness (QED) is 0.912. The summed E-state index contributed by atoms with van der Waals surface area (Å²) in [5.41, 5.74) is 1.63. The van der Waals surface area contributed by atoms with E-state index < -0.39 is 5.97 Å². The first kappa shape index (κ1) is 12.3. The number of carbonyl (C=O) groups is 1. The van der Waals surface area contributed by atoms with E-state index >= 15 is 0 Å². The number of carboxylic acids is 1. The van der Waals surface area contributed by atoms with Crippen molar-refractivity contribution in [2.24, 2.45) is 0 Å². The summed E-state index contributed by atoms with van der Waals surface area (Å²) >= 11 is 3.40. The average Bonchev–Trinajstić information content (AvgIpc) is 2.31. The van der Waals surface area contributed by atoms with Gasteiger partial charge in [-0.2, -0.15) is 0 Å². The molecule has 1 aromatic carbocycles. The highest BCUT2D eigenvalue weighted by Crippen LogP contribution is 2.28. The molecule has 1 atom stereocenters. The molecule has 1 N–H and O–H groups in total. The number of hydrogen-bond donors (Lipinski definition) is 1. The fraction of sp³-hybridized carbons (Fsp3) is 0.308. The summed E-state index contributed by atoms with van der Waals surface area (Å²) < 4.78 is 1.03. The Balaban J connectivity index is 2.32. The highest BCUT2D eigenvalue weighted by molar-refractivity contribution is 9.10. The van der Waals surface area contributed by atoms with Gasteiger partial charge >= 0.3 is 5.97 Å². The van der Waals surface area contributed by atoms with E-state index in [1.807, 2.05) is 37.4 Å². The van der Waals surface area contributed by atoms with Crippen molar-refractivity contribution < 1.29 is 9.90 Å². The largest absolute Gasteiger partial charge is 0.478 e. The molecule has 1 aliphatic rings. The van der Waals surface area contributed by atoms with Gasteiger partial charge in [-0.3, -0.25) is 4.90 Å². The van der Waals surface area contributed by atoms with E-state index in [1.165, 1.54) is 0 Å². The summed E-state index contributed by atoms with van der Waals surface area (Å²) in [4.78, 5) is 13.2. The van der Waals surface area contributed by atoms with Crippen LogP contribution in [0.4, 0.5) is 0 Å². The van der Waals surface area contributed by atoms with Crippen LogP contribution in [0.25, 0.3) is 0 Å². The summed E-state index contributed by atoms with van der Waals surface area (Å²) in [6.07, 6.45) is 2.45. The molecule has 1 aromatic rings. The zero-order chi connectivity index (χ0) is 12.4. The molecule has 0 aromatic heterocycles. The Hall–Kier alpha value is -1.13. The van der Waals surface area contributed by atoms with Gasteiger partial charge in [-0.05, 0) is 31.2 Å². The second-order valence-corrected chi connectivity index (χ2v) is 5.14. The Morgan fingerprint density at radius 1 is 1.41 bits per heavy atom. The molecule has 0 saturated carbocycles. The van der Waals surface area contributed by atoms with Gasteiger partial charge in [0.05, 0.1) is 6.04 Å². The second kappa shape index (κ2) is 5.02. The number of aliphatic carboxylic acids is 1. The van der Waals surface area contributed by atoms with Crippen LogP contribution < -0.4 is 0 Å². The average molecular weight is 296 g/mol. The van der Waals surface area contributed by atoms with Gasteiger partial charge in [0.1, 0.15) is 0 Å². The van der Waals surface area contributed by atoms with Crippen molar-refractivity contribution in [1.82, 2.24) is 4.90 Å². The third-order valence-corrected chi connectivity index (χ3v) is 3.58. The third-order valence-electron chi connectivity index (χ3n) is 3.05. The van der Waals surface area contributed by atoms with Crippen LogP contribution in [0, 0.1) is 0 Å². The molecule has 2 rings (SSSR count). The van der Waals surface area contributed by atoms with Crippen molar-refractivity contribution in [3.05, 3.63) is 46.0 Å². The minimum Gasteiger partial charge on any atom is -0.478 e. The van der Waals surface area contributed by atoms with Gasteiger partial charge in [-0.15, -0.1) is 0 Å². The summed E-state index contributed by atoms with van der Waals surface area (Å²) in [6.45, 7) is 0.777. The van der Waals surface area contributed by atoms with Crippen LogP contribution in [0.5, 0.6) is 0 Å². The first-order valence-electron chi connectivity index (χ1n) is 5.47. The van der Waals surface area contributed by atoms with Gasteiger partial charge in [0.15, 0.2) is 0 Å². The lowest BCUT2D eigenvalue weighted by Gasteiger charge is -2.30. The standard InChI is InChI=1S/C13H14BrNO2/c1-15-7-6-10(13(16)17)8-12(15)9-2-4-11(14)5-3-9/h2-5,8,12H,6-7H2,1H3,(H,16,17). The number of likely N-dealkylation sites (N-methyl/N-ethyl adjacent to an activating group) is 1. The summed E-state index contributed by atoms with van der Waals surface area (Å²) in [6, 6.07) is 8.06. The highest BCUT2D eigenvalue weighted by Gasteiger charge is 2.23. The van der Waals surface area contributed by atoms with Gasteiger partial charge in [0.25, 0.3) is 0 Å². The smallest absolute Gasteiger partial charge is 0.331 e. The van der Waals surface area contributed by atoms with E-state index in [4.69, 9.17) is 5.11 Å². The molecule has 17 heavy (non-hydrogen) atoms. The summed E-state index contributed by atoms with van der Waals surface area (Å²) in [5, 5.41) is 9.04. The van der Waals surface area contributed by atoms with Crippen molar-refractivity contribution in [3.8, 4) is 0 Å². The van der Waals surface area contributed by atoms with E-state index in [2.05, 4.69) is 20.8 Å². The molecule has 90 valence electrons. The minimum absolute atomic E-state index is 0.0583. The Labute approximate surface area is 109 Å². The lowest BCUT2D eigenvalue weighted by Crippen LogP contribution is -2.30. The first-order valence-corrected chi connectivity index (χ1v) is 6.27. The molecular formula is C13H14BrNO2. The van der Waals surface area contributed by atoms with Crippen molar-refractivity contribution >= 4 is 21.9 Å². The van der Waals surface area contributed by atoms with Crippen LogP contribution in [-0.2, 0) is 4.79 Å². The van der Waals surface area contributed by atoms with Gasteiger partial charge in [0.2, 0.25) is 0 Å². The van der Waals surface area contributed by atoms with E-state index in [1.54, 1.807) is 0 Å². The number of carboxylic acid groups (broad SMARTS) is 1. The van der Waals surface area contributed by atoms with Gasteiger partial charge in [0, 0.05) is 16.6 Å². The molecule has 0 radical (unpaired) electrons. The van der Waals surface area contributed by atoms with Crippen molar-refractivity contribution in [3.63, 3.8) is 0 Å². The number of halogens is 1. The topological polar surface area (TPSA) is 40.5 Å². The van der Waals surface area contributed by atoms with E-state index in [-0.39, 0.29) is 6.04 Å². The molecular weight excluding hydrogens is 282 g/mol. The van der Waals surface area contributed by atoms with Crippen LogP contribution in [0.1, 0.15) is 18.0 Å². The molecule has 0 fully saturated rings. The molecule has 3 nitrogen and oxygen atoms in total. The van der Waals surface area contributed by atoms with E-state index in [0.29, 0.717) is 12.0 Å². The molecule has 0 amide bonds. The highest BCUT2D eigenvalue weighted by atomic mass is 79.9. The molecule has 4 heteroatoms. The molecule has 1 unspecified atom stereocenters. The van der Waals surface area contributed by atoms with Gasteiger partial charge < -0.3 is 5.11 Å². The van der Waals surface area contributed by atoms with Crippen molar-refractivity contribution in [1.29, 1.82) is 0 Å². The van der Waals surface area contributed by atoms with Crippen LogP contribution in [0.15, 0.2) is 40.4 Å². The van der Waals surface area contributed by atoms with Gasteiger partial charge in [-0.25, -0.2) is 4.79 Å². The summed E-state index contributed by atoms with van der Waals surface area (Å²) in [5.74, 6) is -0.805. The monoisotopic (exact) mass is 295 g/mol. The van der Waals surface area contributed by atoms with Crippen molar-refractivity contribution in [2.45, 2.75) is 12.5 Å². The first-order chi connectivity index (χ1) is 8.08. The maximum absolute atomic E-state index is 11.0. The predicted molar refractivity (Wildman–Crippen MR) is 69.8 cm³/mol. The fourth-order valence-corrected chi connectivity index (χ4v) is 2.29. The molecule has 0 spiro atoms. The van der Waals surface area contributed by atoms with E-state index in [9.17, 15) is 4.79 Å². The SMILES string of the molecule is CN1CCC(C(=O)O)=CC1c1ccc(Br)cc1. The van der Waals surface area contributed by atoms with Crippen LogP contribution in [0.2, 0.25) is 0 Å². The number of rotatable bonds is 2. The molecule has 1 aliphatic heterocycles. The summed E-state index contributed by atoms with van der Waals surface area (Å²) in [7, 11) is 2.02. The molecule has 0 bridgehead atoms. The van der Waals surface area contributed by atoms with Crippen LogP contribution in [0.3, 0.4) is 0 Å². The molecule has 1 heterocycles. The Kier molecular flexibility index (Phi) is 3.64. The Bertz CT molecular complexity index is 453. The van der Waals surface area contributed by atoms with Gasteiger partial charge in [-0.1, -0.05) is 34.1 Å². The number of nitrogens with zero attached hydrogens (tertiary/aromatic N) is 1. The zero-order valence-corrected chi connectivity index (χ0v) is 11.1. The van der Waals surface area contributed by atoms with E-state index in [0.717, 1.165) is 16.6 Å². The Morgan fingerprint density at radius 2 is 2.06 bits per heavy atom. The maximum atomic E-state index is 11.0. The van der Waals surface area contributed by atoms with Crippen molar-refractivity contribution in [2.75, 3.05) is 13.6 Å². The normalized spacial score (nSPS) is 21.1. The van der Waals surface area contributed by atoms with Crippen LogP contribution >= 0.6 is 15.9 Å². The molecule has 0 aliphatic carbocycles. The predicted octanol–water partition coefficient (Wildman–Crippen LogP) is 2.84. The minimum atomic E-state index is -0.805. The lowest BCUT2D eigenvalue weighted by molar-refractivity contribution is -0.133. The van der Waals surface area contributed by atoms with Crippen LogP contribution in [-0.4, -0.2) is 29.6 Å². The number of hydrogen-bond acceptors (Lipinski definition) is 2.